The molecule has 0 aromatic heterocycles. The lowest BCUT2D eigenvalue weighted by Gasteiger charge is -2.44. The highest BCUT2D eigenvalue weighted by Crippen LogP contribution is 2.37. The summed E-state index contributed by atoms with van der Waals surface area (Å²) in [4.78, 5) is 25.5. The van der Waals surface area contributed by atoms with Crippen LogP contribution in [-0.4, -0.2) is 54.5 Å². The van der Waals surface area contributed by atoms with E-state index in [-0.39, 0.29) is 17.7 Å². The van der Waals surface area contributed by atoms with Crippen LogP contribution in [0.2, 0.25) is 0 Å². The Kier molecular flexibility index (Phi) is 5.91. The van der Waals surface area contributed by atoms with Crippen molar-refractivity contribution < 1.29 is 23.8 Å². The summed E-state index contributed by atoms with van der Waals surface area (Å²) in [6.45, 7) is 9.62. The van der Waals surface area contributed by atoms with E-state index in [0.29, 0.717) is 26.3 Å². The number of esters is 1. The number of carbonyl (C=O) groups is 2. The van der Waals surface area contributed by atoms with Gasteiger partial charge in [0.25, 0.3) is 0 Å². The largest absolute Gasteiger partial charge is 0.463 e. The number of hydrogen-bond donors (Lipinski definition) is 0. The summed E-state index contributed by atoms with van der Waals surface area (Å²) in [5, 5.41) is 0. The molecule has 0 bridgehead atoms. The lowest BCUT2D eigenvalue weighted by molar-refractivity contribution is -0.137. The van der Waals surface area contributed by atoms with Crippen LogP contribution in [0.15, 0.2) is 11.6 Å². The van der Waals surface area contributed by atoms with Crippen molar-refractivity contribution in [2.45, 2.75) is 64.6 Å². The van der Waals surface area contributed by atoms with Crippen molar-refractivity contribution in [3.05, 3.63) is 11.6 Å². The van der Waals surface area contributed by atoms with Gasteiger partial charge in [-0.25, -0.2) is 9.59 Å². The molecule has 1 spiro atoms. The molecule has 136 valence electrons. The maximum absolute atomic E-state index is 12.2. The van der Waals surface area contributed by atoms with Gasteiger partial charge < -0.3 is 19.1 Å². The minimum atomic E-state index is -0.483. The van der Waals surface area contributed by atoms with E-state index in [1.54, 1.807) is 17.9 Å². The van der Waals surface area contributed by atoms with E-state index in [0.717, 1.165) is 31.3 Å². The fourth-order valence-corrected chi connectivity index (χ4v) is 3.17. The van der Waals surface area contributed by atoms with E-state index in [2.05, 4.69) is 0 Å². The van der Waals surface area contributed by atoms with Gasteiger partial charge in [0.05, 0.1) is 18.8 Å². The van der Waals surface area contributed by atoms with Gasteiger partial charge in [-0.05, 0) is 53.4 Å². The number of rotatable bonds is 2. The summed E-state index contributed by atoms with van der Waals surface area (Å²) in [5.41, 5.74) is 0.323. The molecule has 0 radical (unpaired) electrons. The molecular formula is C18H29NO5. The van der Waals surface area contributed by atoms with Crippen LogP contribution >= 0.6 is 0 Å². The fraction of sp³-hybridized carbons (Fsp3) is 0.778. The lowest BCUT2D eigenvalue weighted by Crippen LogP contribution is -2.50. The van der Waals surface area contributed by atoms with Crippen LogP contribution in [0.3, 0.4) is 0 Å². The molecule has 6 heteroatoms. The van der Waals surface area contributed by atoms with E-state index in [1.165, 1.54) is 0 Å². The van der Waals surface area contributed by atoms with Crippen LogP contribution in [0.1, 0.15) is 53.4 Å². The molecule has 24 heavy (non-hydrogen) atoms. The highest BCUT2D eigenvalue weighted by Gasteiger charge is 2.40. The van der Waals surface area contributed by atoms with Gasteiger partial charge in [-0.15, -0.1) is 0 Å². The quantitative estimate of drug-likeness (QED) is 0.571. The first-order valence-corrected chi connectivity index (χ1v) is 8.71. The molecule has 2 aliphatic heterocycles. The first kappa shape index (κ1) is 18.8. The van der Waals surface area contributed by atoms with Gasteiger partial charge in [-0.1, -0.05) is 5.57 Å². The van der Waals surface area contributed by atoms with E-state index < -0.39 is 5.60 Å². The summed E-state index contributed by atoms with van der Waals surface area (Å²) in [6, 6.07) is 0. The van der Waals surface area contributed by atoms with Gasteiger partial charge in [0, 0.05) is 19.2 Å². The molecule has 0 saturated carbocycles. The Morgan fingerprint density at radius 1 is 1.29 bits per heavy atom. The third-order valence-electron chi connectivity index (χ3n) is 4.32. The van der Waals surface area contributed by atoms with Crippen molar-refractivity contribution >= 4 is 12.1 Å². The minimum absolute atomic E-state index is 0.268. The van der Waals surface area contributed by atoms with Crippen molar-refractivity contribution in [2.75, 3.05) is 26.3 Å². The molecule has 2 fully saturated rings. The Morgan fingerprint density at radius 2 is 1.96 bits per heavy atom. The predicted octanol–water partition coefficient (Wildman–Crippen LogP) is 3.06. The SMILES string of the molecule is CCOC(=O)/C=C1\CCOC2(CCN(C(=O)OC(C)(C)C)CC2)C1. The number of hydrogen-bond acceptors (Lipinski definition) is 5. The highest BCUT2D eigenvalue weighted by atomic mass is 16.6. The summed E-state index contributed by atoms with van der Waals surface area (Å²) in [6.07, 6.45) is 4.34. The average molecular weight is 339 g/mol. The van der Waals surface area contributed by atoms with Crippen molar-refractivity contribution in [3.8, 4) is 0 Å². The third kappa shape index (κ3) is 5.23. The number of carbonyl (C=O) groups excluding carboxylic acids is 2. The number of ether oxygens (including phenoxy) is 3. The topological polar surface area (TPSA) is 65.1 Å². The molecule has 0 aliphatic carbocycles. The van der Waals surface area contributed by atoms with Crippen LogP contribution in [0.25, 0.3) is 0 Å². The molecule has 2 rings (SSSR count). The molecular weight excluding hydrogens is 310 g/mol. The number of nitrogens with zero attached hydrogens (tertiary/aromatic N) is 1. The van der Waals surface area contributed by atoms with Crippen LogP contribution < -0.4 is 0 Å². The Bertz CT molecular complexity index is 498. The lowest BCUT2D eigenvalue weighted by atomic mass is 9.82. The molecule has 0 N–H and O–H groups in total. The summed E-state index contributed by atoms with van der Waals surface area (Å²) in [5.74, 6) is -0.282. The first-order valence-electron chi connectivity index (χ1n) is 8.71. The van der Waals surface area contributed by atoms with E-state index in [1.807, 2.05) is 20.8 Å². The van der Waals surface area contributed by atoms with Crippen molar-refractivity contribution in [3.63, 3.8) is 0 Å². The molecule has 0 unspecified atom stereocenters. The van der Waals surface area contributed by atoms with Crippen molar-refractivity contribution in [1.29, 1.82) is 0 Å². The monoisotopic (exact) mass is 339 g/mol. The van der Waals surface area contributed by atoms with Gasteiger partial charge in [0.15, 0.2) is 0 Å². The zero-order valence-corrected chi connectivity index (χ0v) is 15.2. The predicted molar refractivity (Wildman–Crippen MR) is 89.7 cm³/mol. The molecule has 2 aliphatic rings. The Hall–Kier alpha value is -1.56. The van der Waals surface area contributed by atoms with Crippen molar-refractivity contribution in [1.82, 2.24) is 4.90 Å². The Balaban J connectivity index is 1.92. The van der Waals surface area contributed by atoms with Gasteiger partial charge in [0.2, 0.25) is 0 Å². The van der Waals surface area contributed by atoms with Gasteiger partial charge in [-0.3, -0.25) is 0 Å². The van der Waals surface area contributed by atoms with Gasteiger partial charge >= 0.3 is 12.1 Å². The van der Waals surface area contributed by atoms with Crippen LogP contribution in [0.5, 0.6) is 0 Å². The molecule has 6 nitrogen and oxygen atoms in total. The van der Waals surface area contributed by atoms with Crippen molar-refractivity contribution in [2.24, 2.45) is 0 Å². The number of amides is 1. The zero-order chi connectivity index (χ0) is 17.8. The standard InChI is InChI=1S/C18H29NO5/c1-5-22-15(20)12-14-6-11-23-18(13-14)7-9-19(10-8-18)16(21)24-17(2,3)4/h12H,5-11,13H2,1-4H3/b14-12+. The second kappa shape index (κ2) is 7.55. The normalized spacial score (nSPS) is 22.5. The van der Waals surface area contributed by atoms with Crippen LogP contribution in [0, 0.1) is 0 Å². The number of piperidine rings is 1. The molecule has 0 atom stereocenters. The number of likely N-dealkylation sites (tertiary alicyclic amines) is 1. The second-order valence-corrected chi connectivity index (χ2v) is 7.48. The molecule has 2 saturated heterocycles. The first-order chi connectivity index (χ1) is 11.2. The smallest absolute Gasteiger partial charge is 0.410 e. The molecule has 0 aromatic rings. The maximum atomic E-state index is 12.2. The van der Waals surface area contributed by atoms with E-state index in [4.69, 9.17) is 14.2 Å². The molecule has 0 aromatic carbocycles. The Labute approximate surface area is 144 Å². The molecule has 2 heterocycles. The third-order valence-corrected chi connectivity index (χ3v) is 4.32. The van der Waals surface area contributed by atoms with E-state index in [9.17, 15) is 9.59 Å². The van der Waals surface area contributed by atoms with Gasteiger partial charge in [0.1, 0.15) is 5.60 Å². The fourth-order valence-electron chi connectivity index (χ4n) is 3.17. The summed E-state index contributed by atoms with van der Waals surface area (Å²) in [7, 11) is 0. The Morgan fingerprint density at radius 3 is 2.54 bits per heavy atom. The second-order valence-electron chi connectivity index (χ2n) is 7.48. The zero-order valence-electron chi connectivity index (χ0n) is 15.2. The maximum Gasteiger partial charge on any atom is 0.410 e. The summed E-state index contributed by atoms with van der Waals surface area (Å²) < 4.78 is 16.5. The van der Waals surface area contributed by atoms with E-state index >= 15 is 0 Å². The molecule has 1 amide bonds. The summed E-state index contributed by atoms with van der Waals surface area (Å²) >= 11 is 0. The minimum Gasteiger partial charge on any atom is -0.463 e. The average Bonchev–Trinajstić information content (AvgIpc) is 2.46. The highest BCUT2D eigenvalue weighted by molar-refractivity contribution is 5.82. The van der Waals surface area contributed by atoms with Crippen LogP contribution in [-0.2, 0) is 19.0 Å². The van der Waals surface area contributed by atoms with Crippen LogP contribution in [0.4, 0.5) is 4.79 Å². The van der Waals surface area contributed by atoms with Gasteiger partial charge in [-0.2, -0.15) is 0 Å².